The molecule has 1 fully saturated rings. The fraction of sp³-hybridized carbons (Fsp3) is 0. The summed E-state index contributed by atoms with van der Waals surface area (Å²) in [6, 6.07) is 13.0. The molecule has 2 aromatic rings. The molecular formula is C16H10ClFN2OS. The van der Waals surface area contributed by atoms with E-state index in [1.807, 2.05) is 0 Å². The van der Waals surface area contributed by atoms with Crippen molar-refractivity contribution in [1.29, 1.82) is 0 Å². The van der Waals surface area contributed by atoms with E-state index >= 15 is 0 Å². The van der Waals surface area contributed by atoms with E-state index < -0.39 is 0 Å². The lowest BCUT2D eigenvalue weighted by Gasteiger charge is -1.96. The van der Waals surface area contributed by atoms with Gasteiger partial charge >= 0.3 is 0 Å². The van der Waals surface area contributed by atoms with Crippen molar-refractivity contribution in [3.05, 3.63) is 69.8 Å². The van der Waals surface area contributed by atoms with Crippen LogP contribution in [0.4, 0.5) is 10.1 Å². The zero-order valence-corrected chi connectivity index (χ0v) is 12.8. The molecule has 0 aliphatic carbocycles. The minimum Gasteiger partial charge on any atom is -0.300 e. The van der Waals surface area contributed by atoms with Crippen molar-refractivity contribution in [2.24, 2.45) is 4.99 Å². The highest BCUT2D eigenvalue weighted by atomic mass is 35.5. The maximum atomic E-state index is 12.9. The molecule has 0 aromatic heterocycles. The summed E-state index contributed by atoms with van der Waals surface area (Å²) in [5.41, 5.74) is 1.42. The van der Waals surface area contributed by atoms with Crippen molar-refractivity contribution in [2.45, 2.75) is 0 Å². The lowest BCUT2D eigenvalue weighted by atomic mass is 10.2. The lowest BCUT2D eigenvalue weighted by molar-refractivity contribution is -0.115. The molecule has 0 saturated carbocycles. The molecule has 0 atom stereocenters. The first-order valence-electron chi connectivity index (χ1n) is 6.41. The van der Waals surface area contributed by atoms with Crippen molar-refractivity contribution in [2.75, 3.05) is 0 Å². The molecule has 2 aromatic carbocycles. The molecule has 1 aliphatic rings. The number of amidine groups is 1. The number of hydrogen-bond acceptors (Lipinski definition) is 3. The highest BCUT2D eigenvalue weighted by Gasteiger charge is 2.23. The summed E-state index contributed by atoms with van der Waals surface area (Å²) in [7, 11) is 0. The van der Waals surface area contributed by atoms with Gasteiger partial charge in [-0.3, -0.25) is 4.79 Å². The number of amides is 1. The molecule has 22 heavy (non-hydrogen) atoms. The van der Waals surface area contributed by atoms with Gasteiger partial charge in [-0.25, -0.2) is 9.38 Å². The topological polar surface area (TPSA) is 41.5 Å². The Morgan fingerprint density at radius 1 is 1.18 bits per heavy atom. The maximum absolute atomic E-state index is 12.9. The van der Waals surface area contributed by atoms with Gasteiger partial charge in [0.15, 0.2) is 5.17 Å². The Kier molecular flexibility index (Phi) is 4.27. The van der Waals surface area contributed by atoms with Gasteiger partial charge in [-0.05, 0) is 53.7 Å². The largest absolute Gasteiger partial charge is 0.300 e. The predicted octanol–water partition coefficient (Wildman–Crippen LogP) is 4.37. The van der Waals surface area contributed by atoms with E-state index in [0.29, 0.717) is 20.8 Å². The van der Waals surface area contributed by atoms with E-state index in [1.54, 1.807) is 42.5 Å². The minimum absolute atomic E-state index is 0.227. The Morgan fingerprint density at radius 3 is 2.68 bits per heavy atom. The zero-order chi connectivity index (χ0) is 15.5. The fourth-order valence-electron chi connectivity index (χ4n) is 1.85. The number of rotatable bonds is 2. The molecule has 0 bridgehead atoms. The molecule has 0 spiro atoms. The van der Waals surface area contributed by atoms with Gasteiger partial charge in [0.25, 0.3) is 5.91 Å². The van der Waals surface area contributed by atoms with Gasteiger partial charge in [-0.1, -0.05) is 29.8 Å². The van der Waals surface area contributed by atoms with E-state index in [2.05, 4.69) is 10.3 Å². The molecule has 1 N–H and O–H groups in total. The molecule has 1 aliphatic heterocycles. The second-order valence-electron chi connectivity index (χ2n) is 4.51. The third kappa shape index (κ3) is 3.55. The van der Waals surface area contributed by atoms with Crippen LogP contribution in [0.3, 0.4) is 0 Å². The monoisotopic (exact) mass is 332 g/mol. The Hall–Kier alpha value is -2.11. The van der Waals surface area contributed by atoms with Gasteiger partial charge in [-0.2, -0.15) is 0 Å². The molecule has 3 nitrogen and oxygen atoms in total. The van der Waals surface area contributed by atoms with Crippen LogP contribution in [0.5, 0.6) is 0 Å². The summed E-state index contributed by atoms with van der Waals surface area (Å²) in [6.45, 7) is 0. The maximum Gasteiger partial charge on any atom is 0.264 e. The van der Waals surface area contributed by atoms with Crippen LogP contribution in [-0.4, -0.2) is 11.1 Å². The van der Waals surface area contributed by atoms with Crippen molar-refractivity contribution in [3.8, 4) is 0 Å². The third-order valence-corrected chi connectivity index (χ3v) is 4.00. The lowest BCUT2D eigenvalue weighted by Crippen LogP contribution is -2.19. The van der Waals surface area contributed by atoms with Gasteiger partial charge in [0.1, 0.15) is 5.82 Å². The second kappa shape index (κ2) is 6.34. The number of nitrogens with one attached hydrogen (secondary N) is 1. The standard InChI is InChI=1S/C16H10ClFN2OS/c17-11-2-1-3-13(9-11)19-16-20-15(21)14(22-16)8-10-4-6-12(18)7-5-10/h1-9H,(H,19,20,21). The van der Waals surface area contributed by atoms with Crippen LogP contribution < -0.4 is 5.32 Å². The first-order valence-corrected chi connectivity index (χ1v) is 7.60. The van der Waals surface area contributed by atoms with Crippen LogP contribution >= 0.6 is 23.4 Å². The van der Waals surface area contributed by atoms with Crippen LogP contribution in [0.1, 0.15) is 5.56 Å². The average Bonchev–Trinajstić information content (AvgIpc) is 2.81. The van der Waals surface area contributed by atoms with Crippen molar-refractivity contribution < 1.29 is 9.18 Å². The summed E-state index contributed by atoms with van der Waals surface area (Å²) in [4.78, 5) is 16.8. The van der Waals surface area contributed by atoms with Gasteiger partial charge in [0.05, 0.1) is 10.6 Å². The number of thioether (sulfide) groups is 1. The molecule has 1 amide bonds. The van der Waals surface area contributed by atoms with Crippen molar-refractivity contribution in [3.63, 3.8) is 0 Å². The van der Waals surface area contributed by atoms with E-state index in [9.17, 15) is 9.18 Å². The van der Waals surface area contributed by atoms with E-state index in [1.165, 1.54) is 23.9 Å². The number of hydrogen-bond donors (Lipinski definition) is 1. The third-order valence-electron chi connectivity index (χ3n) is 2.86. The summed E-state index contributed by atoms with van der Waals surface area (Å²) < 4.78 is 12.9. The van der Waals surface area contributed by atoms with Crippen LogP contribution in [0.25, 0.3) is 6.08 Å². The number of nitrogens with zero attached hydrogens (tertiary/aromatic N) is 1. The minimum atomic E-state index is -0.311. The number of aliphatic imine (C=N–C) groups is 1. The van der Waals surface area contributed by atoms with Gasteiger partial charge < -0.3 is 5.32 Å². The summed E-state index contributed by atoms with van der Waals surface area (Å²) in [6.07, 6.45) is 1.69. The summed E-state index contributed by atoms with van der Waals surface area (Å²) in [5, 5.41) is 3.76. The van der Waals surface area contributed by atoms with E-state index in [4.69, 9.17) is 11.6 Å². The first-order chi connectivity index (χ1) is 10.6. The van der Waals surface area contributed by atoms with Gasteiger partial charge in [0.2, 0.25) is 0 Å². The molecule has 110 valence electrons. The molecule has 0 unspecified atom stereocenters. The summed E-state index contributed by atoms with van der Waals surface area (Å²) in [5.74, 6) is -0.538. The van der Waals surface area contributed by atoms with Crippen LogP contribution in [0.2, 0.25) is 5.02 Å². The Labute approximate surface area is 135 Å². The molecular weight excluding hydrogens is 323 g/mol. The van der Waals surface area contributed by atoms with E-state index in [0.717, 1.165) is 5.56 Å². The smallest absolute Gasteiger partial charge is 0.264 e. The Balaban J connectivity index is 1.82. The molecule has 6 heteroatoms. The highest BCUT2D eigenvalue weighted by molar-refractivity contribution is 8.18. The molecule has 0 radical (unpaired) electrons. The molecule has 1 heterocycles. The molecule has 3 rings (SSSR count). The Bertz CT molecular complexity index is 787. The number of carbonyl (C=O) groups excluding carboxylic acids is 1. The van der Waals surface area contributed by atoms with Crippen LogP contribution in [0.15, 0.2) is 58.4 Å². The average molecular weight is 333 g/mol. The molecule has 1 saturated heterocycles. The van der Waals surface area contributed by atoms with Crippen molar-refractivity contribution in [1.82, 2.24) is 5.32 Å². The number of halogens is 2. The first kappa shape index (κ1) is 14.8. The van der Waals surface area contributed by atoms with Crippen LogP contribution in [0, 0.1) is 5.82 Å². The highest BCUT2D eigenvalue weighted by Crippen LogP contribution is 2.28. The SMILES string of the molecule is O=C1NC(=Nc2cccc(Cl)c2)SC1=Cc1ccc(F)cc1. The second-order valence-corrected chi connectivity index (χ2v) is 5.98. The quantitative estimate of drug-likeness (QED) is 0.830. The Morgan fingerprint density at radius 2 is 1.95 bits per heavy atom. The number of carbonyl (C=O) groups is 1. The summed E-state index contributed by atoms with van der Waals surface area (Å²) >= 11 is 7.13. The van der Waals surface area contributed by atoms with Gasteiger partial charge in [-0.15, -0.1) is 0 Å². The van der Waals surface area contributed by atoms with Crippen molar-refractivity contribution >= 4 is 46.2 Å². The van der Waals surface area contributed by atoms with Crippen LogP contribution in [-0.2, 0) is 4.79 Å². The van der Waals surface area contributed by atoms with Gasteiger partial charge in [0, 0.05) is 5.02 Å². The fourth-order valence-corrected chi connectivity index (χ4v) is 2.88. The predicted molar refractivity (Wildman–Crippen MR) is 88.7 cm³/mol. The van der Waals surface area contributed by atoms with E-state index in [-0.39, 0.29) is 11.7 Å². The zero-order valence-electron chi connectivity index (χ0n) is 11.2. The number of benzene rings is 2. The normalized spacial score (nSPS) is 18.0.